The standard InChI is InChI=1S/C23H33N3O3/c27-20-14-26(18-7-11-29-12-8-18)16-23(20)19(22(23)17-5-2-1-3-6-17)13-25-10-4-9-24-21(28)15-25/h1-3,5-6,18-20,22,27H,4,7-16H2,(H,24,28)/t19-,20-,22-,23-/m1/s1. The normalized spacial score (nSPS) is 36.9. The van der Waals surface area contributed by atoms with Gasteiger partial charge in [-0.1, -0.05) is 30.3 Å². The van der Waals surface area contributed by atoms with E-state index in [0.717, 1.165) is 65.2 Å². The molecule has 4 atom stereocenters. The molecule has 3 heterocycles. The highest BCUT2D eigenvalue weighted by atomic mass is 16.5. The molecule has 0 unspecified atom stereocenters. The molecule has 3 aliphatic heterocycles. The summed E-state index contributed by atoms with van der Waals surface area (Å²) in [6.45, 7) is 6.49. The first-order valence-electron chi connectivity index (χ1n) is 11.2. The van der Waals surface area contributed by atoms with E-state index < -0.39 is 0 Å². The van der Waals surface area contributed by atoms with Crippen molar-refractivity contribution in [3.8, 4) is 0 Å². The first-order valence-corrected chi connectivity index (χ1v) is 11.2. The summed E-state index contributed by atoms with van der Waals surface area (Å²) in [5.74, 6) is 0.898. The summed E-state index contributed by atoms with van der Waals surface area (Å²) in [6.07, 6.45) is 2.82. The van der Waals surface area contributed by atoms with Gasteiger partial charge in [0.1, 0.15) is 0 Å². The number of rotatable bonds is 4. The summed E-state index contributed by atoms with van der Waals surface area (Å²) in [5.41, 5.74) is 1.26. The number of hydrogen-bond acceptors (Lipinski definition) is 5. The average Bonchev–Trinajstić information content (AvgIpc) is 3.32. The van der Waals surface area contributed by atoms with Gasteiger partial charge in [0.2, 0.25) is 5.91 Å². The van der Waals surface area contributed by atoms with E-state index in [1.807, 2.05) is 0 Å². The lowest BCUT2D eigenvalue weighted by atomic mass is 9.95. The fourth-order valence-corrected chi connectivity index (χ4v) is 6.23. The zero-order valence-electron chi connectivity index (χ0n) is 17.1. The van der Waals surface area contributed by atoms with Crippen LogP contribution in [0.3, 0.4) is 0 Å². The number of nitrogens with one attached hydrogen (secondary N) is 1. The van der Waals surface area contributed by atoms with E-state index in [2.05, 4.69) is 45.4 Å². The molecule has 4 fully saturated rings. The molecular weight excluding hydrogens is 366 g/mol. The molecule has 4 aliphatic rings. The van der Waals surface area contributed by atoms with E-state index in [0.29, 0.717) is 24.4 Å². The van der Waals surface area contributed by atoms with Gasteiger partial charge in [0.15, 0.2) is 0 Å². The highest BCUT2D eigenvalue weighted by Crippen LogP contribution is 2.69. The van der Waals surface area contributed by atoms with Crippen LogP contribution in [0.1, 0.15) is 30.7 Å². The van der Waals surface area contributed by atoms with Gasteiger partial charge in [-0.05, 0) is 36.7 Å². The second-order valence-corrected chi connectivity index (χ2v) is 9.33. The molecule has 3 saturated heterocycles. The van der Waals surface area contributed by atoms with E-state index in [4.69, 9.17) is 4.74 Å². The maximum Gasteiger partial charge on any atom is 0.234 e. The quantitative estimate of drug-likeness (QED) is 0.793. The van der Waals surface area contributed by atoms with Crippen LogP contribution in [-0.4, -0.2) is 85.4 Å². The Morgan fingerprint density at radius 1 is 1.21 bits per heavy atom. The molecule has 1 aromatic carbocycles. The van der Waals surface area contributed by atoms with E-state index in [-0.39, 0.29) is 17.4 Å². The van der Waals surface area contributed by atoms with E-state index >= 15 is 0 Å². The van der Waals surface area contributed by atoms with Crippen LogP contribution in [0.4, 0.5) is 0 Å². The number of aliphatic hydroxyl groups excluding tert-OH is 1. The highest BCUT2D eigenvalue weighted by Gasteiger charge is 2.71. The van der Waals surface area contributed by atoms with Crippen molar-refractivity contribution in [3.63, 3.8) is 0 Å². The Morgan fingerprint density at radius 3 is 2.79 bits per heavy atom. The number of carbonyl (C=O) groups excluding carboxylic acids is 1. The van der Waals surface area contributed by atoms with Gasteiger partial charge in [-0.3, -0.25) is 14.6 Å². The van der Waals surface area contributed by atoms with Crippen molar-refractivity contribution in [3.05, 3.63) is 35.9 Å². The summed E-state index contributed by atoms with van der Waals surface area (Å²) in [7, 11) is 0. The van der Waals surface area contributed by atoms with Gasteiger partial charge in [0.25, 0.3) is 0 Å². The van der Waals surface area contributed by atoms with E-state index in [9.17, 15) is 9.90 Å². The number of amides is 1. The van der Waals surface area contributed by atoms with Gasteiger partial charge in [-0.25, -0.2) is 0 Å². The fraction of sp³-hybridized carbons (Fsp3) is 0.696. The third-order valence-corrected chi connectivity index (χ3v) is 7.73. The largest absolute Gasteiger partial charge is 0.391 e. The predicted molar refractivity (Wildman–Crippen MR) is 111 cm³/mol. The highest BCUT2D eigenvalue weighted by molar-refractivity contribution is 5.78. The number of hydrogen-bond donors (Lipinski definition) is 2. The van der Waals surface area contributed by atoms with Gasteiger partial charge in [0.05, 0.1) is 12.6 Å². The number of ether oxygens (including phenoxy) is 1. The van der Waals surface area contributed by atoms with Crippen molar-refractivity contribution >= 4 is 5.91 Å². The summed E-state index contributed by atoms with van der Waals surface area (Å²) in [6, 6.07) is 11.2. The van der Waals surface area contributed by atoms with Gasteiger partial charge in [-0.2, -0.15) is 0 Å². The lowest BCUT2D eigenvalue weighted by Crippen LogP contribution is -2.38. The van der Waals surface area contributed by atoms with E-state index in [1.165, 1.54) is 5.56 Å². The molecule has 29 heavy (non-hydrogen) atoms. The fourth-order valence-electron chi connectivity index (χ4n) is 6.23. The van der Waals surface area contributed by atoms with Crippen LogP contribution in [0.5, 0.6) is 0 Å². The van der Waals surface area contributed by atoms with Gasteiger partial charge in [-0.15, -0.1) is 0 Å². The van der Waals surface area contributed by atoms with Crippen molar-refractivity contribution in [2.45, 2.75) is 37.3 Å². The maximum atomic E-state index is 12.1. The molecule has 1 aromatic rings. The van der Waals surface area contributed by atoms with Gasteiger partial charge in [0, 0.05) is 57.4 Å². The van der Waals surface area contributed by atoms with Crippen LogP contribution in [0.25, 0.3) is 0 Å². The summed E-state index contributed by atoms with van der Waals surface area (Å²) in [5, 5.41) is 14.3. The number of aliphatic hydroxyl groups is 1. The molecule has 1 amide bonds. The third-order valence-electron chi connectivity index (χ3n) is 7.73. The Balaban J connectivity index is 1.37. The first kappa shape index (κ1) is 19.5. The molecule has 1 saturated carbocycles. The third kappa shape index (κ3) is 3.61. The Kier molecular flexibility index (Phi) is 5.37. The van der Waals surface area contributed by atoms with Crippen molar-refractivity contribution in [1.82, 2.24) is 15.1 Å². The summed E-state index contributed by atoms with van der Waals surface area (Å²) in [4.78, 5) is 16.9. The second-order valence-electron chi connectivity index (χ2n) is 9.33. The zero-order valence-corrected chi connectivity index (χ0v) is 17.1. The molecule has 6 nitrogen and oxygen atoms in total. The topological polar surface area (TPSA) is 65.0 Å². The molecule has 5 rings (SSSR count). The minimum Gasteiger partial charge on any atom is -0.391 e. The summed E-state index contributed by atoms with van der Waals surface area (Å²) >= 11 is 0. The molecule has 1 spiro atoms. The van der Waals surface area contributed by atoms with Crippen molar-refractivity contribution in [2.24, 2.45) is 11.3 Å². The van der Waals surface area contributed by atoms with Crippen LogP contribution < -0.4 is 5.32 Å². The van der Waals surface area contributed by atoms with Crippen LogP contribution in [-0.2, 0) is 9.53 Å². The summed E-state index contributed by atoms with van der Waals surface area (Å²) < 4.78 is 5.55. The van der Waals surface area contributed by atoms with Crippen molar-refractivity contribution in [2.75, 3.05) is 52.5 Å². The maximum absolute atomic E-state index is 12.1. The molecule has 0 bridgehead atoms. The van der Waals surface area contributed by atoms with Crippen molar-refractivity contribution < 1.29 is 14.6 Å². The van der Waals surface area contributed by atoms with Crippen LogP contribution >= 0.6 is 0 Å². The van der Waals surface area contributed by atoms with Gasteiger partial charge >= 0.3 is 0 Å². The molecule has 2 N–H and O–H groups in total. The van der Waals surface area contributed by atoms with Gasteiger partial charge < -0.3 is 15.2 Å². The van der Waals surface area contributed by atoms with Crippen LogP contribution in [0, 0.1) is 11.3 Å². The lowest BCUT2D eigenvalue weighted by Gasteiger charge is -2.31. The molecular formula is C23H33N3O3. The SMILES string of the molecule is O=C1CN(C[C@@H]2[C@@H](c3ccccc3)[C@]23CN(C2CCOCC2)C[C@H]3O)CCCN1. The molecule has 0 aromatic heterocycles. The second kappa shape index (κ2) is 7.99. The zero-order chi connectivity index (χ0) is 19.8. The van der Waals surface area contributed by atoms with Crippen LogP contribution in [0.2, 0.25) is 0 Å². The smallest absolute Gasteiger partial charge is 0.234 e. The molecule has 0 radical (unpaired) electrons. The minimum absolute atomic E-state index is 0.0809. The van der Waals surface area contributed by atoms with Crippen molar-refractivity contribution in [1.29, 1.82) is 0 Å². The predicted octanol–water partition coefficient (Wildman–Crippen LogP) is 1.06. The van der Waals surface area contributed by atoms with Crippen LogP contribution in [0.15, 0.2) is 30.3 Å². The Morgan fingerprint density at radius 2 is 2.00 bits per heavy atom. The number of nitrogens with zero attached hydrogens (tertiary/aromatic N) is 2. The number of carbonyl (C=O) groups is 1. The lowest BCUT2D eigenvalue weighted by molar-refractivity contribution is -0.121. The first-order chi connectivity index (χ1) is 14.2. The average molecular weight is 400 g/mol. The monoisotopic (exact) mass is 399 g/mol. The Labute approximate surface area is 173 Å². The number of β-amino-alcohol motifs (C(OH)–C–C–N with tert-alkyl or cyclic N) is 1. The molecule has 1 aliphatic carbocycles. The molecule has 6 heteroatoms. The Bertz CT molecular complexity index is 723. The number of likely N-dealkylation sites (tertiary alicyclic amines) is 1. The minimum atomic E-state index is -0.304. The van der Waals surface area contributed by atoms with E-state index in [1.54, 1.807) is 0 Å². The molecule has 158 valence electrons. The Hall–Kier alpha value is -1.47. The number of benzene rings is 1.